The summed E-state index contributed by atoms with van der Waals surface area (Å²) in [6.45, 7) is 1.38. The highest BCUT2D eigenvalue weighted by Crippen LogP contribution is 2.49. The molecule has 1 aliphatic rings. The molecule has 0 spiro atoms. The van der Waals surface area contributed by atoms with Crippen molar-refractivity contribution in [2.24, 2.45) is 0 Å². The molecule has 6 nitrogen and oxygen atoms in total. The van der Waals surface area contributed by atoms with E-state index in [0.29, 0.717) is 23.6 Å². The summed E-state index contributed by atoms with van der Waals surface area (Å²) < 4.78 is 16.7. The third-order valence-corrected chi connectivity index (χ3v) is 5.28. The SMILES string of the molecule is COc1ccc2c(c1)cc1c3c(cc(OC)c(OC)c32)C(=O)N1CCN(C)C. The molecule has 28 heavy (non-hydrogen) atoms. The molecular weight excluding hydrogens is 356 g/mol. The van der Waals surface area contributed by atoms with Gasteiger partial charge in [0.1, 0.15) is 5.75 Å². The second kappa shape index (κ2) is 6.87. The molecule has 0 atom stereocenters. The number of methoxy groups -OCH3 is 3. The Morgan fingerprint density at radius 1 is 0.964 bits per heavy atom. The van der Waals surface area contributed by atoms with Gasteiger partial charge in [-0.2, -0.15) is 0 Å². The fourth-order valence-electron chi connectivity index (χ4n) is 3.91. The zero-order valence-electron chi connectivity index (χ0n) is 16.8. The first-order valence-corrected chi connectivity index (χ1v) is 9.16. The number of rotatable bonds is 6. The van der Waals surface area contributed by atoms with Crippen LogP contribution in [-0.2, 0) is 0 Å². The summed E-state index contributed by atoms with van der Waals surface area (Å²) in [5, 5.41) is 3.80. The minimum atomic E-state index is -0.00919. The van der Waals surface area contributed by atoms with E-state index in [0.717, 1.165) is 39.5 Å². The van der Waals surface area contributed by atoms with Gasteiger partial charge in [-0.1, -0.05) is 0 Å². The van der Waals surface area contributed by atoms with Crippen LogP contribution in [0.15, 0.2) is 30.3 Å². The zero-order chi connectivity index (χ0) is 20.0. The van der Waals surface area contributed by atoms with Gasteiger partial charge in [0.05, 0.1) is 32.6 Å². The van der Waals surface area contributed by atoms with Crippen LogP contribution >= 0.6 is 0 Å². The molecule has 4 rings (SSSR count). The Bertz CT molecular complexity index is 1090. The first-order valence-electron chi connectivity index (χ1n) is 9.16. The molecular formula is C22H24N2O4. The van der Waals surface area contributed by atoms with Crippen molar-refractivity contribution in [3.8, 4) is 17.2 Å². The Kier molecular flexibility index (Phi) is 4.51. The number of hydrogen-bond acceptors (Lipinski definition) is 5. The highest BCUT2D eigenvalue weighted by Gasteiger charge is 2.33. The lowest BCUT2D eigenvalue weighted by atomic mass is 9.97. The highest BCUT2D eigenvalue weighted by molar-refractivity contribution is 6.31. The van der Waals surface area contributed by atoms with E-state index in [1.165, 1.54) is 0 Å². The van der Waals surface area contributed by atoms with Crippen molar-refractivity contribution in [2.45, 2.75) is 0 Å². The molecule has 1 amide bonds. The molecule has 0 unspecified atom stereocenters. The average Bonchev–Trinajstić information content (AvgIpc) is 2.96. The predicted octanol–water partition coefficient (Wildman–Crippen LogP) is 3.54. The molecule has 0 bridgehead atoms. The van der Waals surface area contributed by atoms with Crippen molar-refractivity contribution in [3.05, 3.63) is 35.9 Å². The Labute approximate surface area is 164 Å². The van der Waals surface area contributed by atoms with E-state index in [1.807, 2.05) is 37.2 Å². The quantitative estimate of drug-likeness (QED) is 0.612. The number of hydrogen-bond donors (Lipinski definition) is 0. The highest BCUT2D eigenvalue weighted by atomic mass is 16.5. The lowest BCUT2D eigenvalue weighted by Crippen LogP contribution is -2.33. The van der Waals surface area contributed by atoms with Crippen LogP contribution in [-0.4, -0.2) is 59.3 Å². The van der Waals surface area contributed by atoms with Crippen LogP contribution < -0.4 is 19.1 Å². The van der Waals surface area contributed by atoms with E-state index in [4.69, 9.17) is 14.2 Å². The molecule has 0 aliphatic carbocycles. The maximum atomic E-state index is 13.2. The van der Waals surface area contributed by atoms with Gasteiger partial charge in [0, 0.05) is 23.9 Å². The molecule has 0 fully saturated rings. The number of carbonyl (C=O) groups is 1. The smallest absolute Gasteiger partial charge is 0.259 e. The van der Waals surface area contributed by atoms with Gasteiger partial charge >= 0.3 is 0 Å². The van der Waals surface area contributed by atoms with Crippen molar-refractivity contribution < 1.29 is 19.0 Å². The van der Waals surface area contributed by atoms with Gasteiger partial charge in [-0.25, -0.2) is 0 Å². The third-order valence-electron chi connectivity index (χ3n) is 5.28. The number of anilines is 1. The maximum absolute atomic E-state index is 13.2. The molecule has 0 N–H and O–H groups in total. The van der Waals surface area contributed by atoms with Crippen LogP contribution in [0.3, 0.4) is 0 Å². The Morgan fingerprint density at radius 2 is 1.75 bits per heavy atom. The third kappa shape index (κ3) is 2.64. The summed E-state index contributed by atoms with van der Waals surface area (Å²) in [5.74, 6) is 1.96. The number of nitrogens with zero attached hydrogens (tertiary/aromatic N) is 2. The largest absolute Gasteiger partial charge is 0.497 e. The van der Waals surface area contributed by atoms with E-state index in [-0.39, 0.29) is 5.91 Å². The fourth-order valence-corrected chi connectivity index (χ4v) is 3.91. The average molecular weight is 380 g/mol. The second-order valence-electron chi connectivity index (χ2n) is 7.15. The Hall–Kier alpha value is -2.99. The normalized spacial score (nSPS) is 13.1. The summed E-state index contributed by atoms with van der Waals surface area (Å²) >= 11 is 0. The zero-order valence-corrected chi connectivity index (χ0v) is 16.8. The van der Waals surface area contributed by atoms with E-state index < -0.39 is 0 Å². The van der Waals surface area contributed by atoms with Gasteiger partial charge in [-0.3, -0.25) is 4.79 Å². The molecule has 146 valence electrons. The summed E-state index contributed by atoms with van der Waals surface area (Å²) in [6.07, 6.45) is 0. The van der Waals surface area contributed by atoms with Crippen LogP contribution in [0.25, 0.3) is 21.5 Å². The first-order chi connectivity index (χ1) is 13.5. The first kappa shape index (κ1) is 18.4. The van der Waals surface area contributed by atoms with Crippen molar-refractivity contribution in [2.75, 3.05) is 53.4 Å². The van der Waals surface area contributed by atoms with Crippen molar-refractivity contribution in [3.63, 3.8) is 0 Å². The second-order valence-corrected chi connectivity index (χ2v) is 7.15. The number of benzene rings is 3. The molecule has 0 aromatic heterocycles. The van der Waals surface area contributed by atoms with Gasteiger partial charge in [0.15, 0.2) is 11.5 Å². The van der Waals surface area contributed by atoms with Gasteiger partial charge in [0.2, 0.25) is 0 Å². The molecule has 6 heteroatoms. The standard InChI is InChI=1S/C22H24N2O4/c1-23(2)8-9-24-17-11-13-10-14(26-3)6-7-15(13)20-19(17)16(22(24)25)12-18(27-4)21(20)28-5/h6-7,10-12H,8-9H2,1-5H3. The van der Waals surface area contributed by atoms with E-state index >= 15 is 0 Å². The lowest BCUT2D eigenvalue weighted by molar-refractivity contribution is 0.0991. The monoisotopic (exact) mass is 380 g/mol. The minimum absolute atomic E-state index is 0.00919. The summed E-state index contributed by atoms with van der Waals surface area (Å²) in [4.78, 5) is 17.2. The van der Waals surface area contributed by atoms with Crippen LogP contribution in [0, 0.1) is 0 Å². The number of ether oxygens (including phenoxy) is 3. The number of likely N-dealkylation sites (N-methyl/N-ethyl adjacent to an activating group) is 1. The molecule has 1 heterocycles. The fraction of sp³-hybridized carbons (Fsp3) is 0.318. The Balaban J connectivity index is 2.09. The van der Waals surface area contributed by atoms with Crippen LogP contribution in [0.5, 0.6) is 17.2 Å². The predicted molar refractivity (Wildman–Crippen MR) is 111 cm³/mol. The number of fused-ring (bicyclic) bond motifs is 2. The molecule has 0 saturated carbocycles. The molecule has 0 radical (unpaired) electrons. The van der Waals surface area contributed by atoms with Crippen molar-refractivity contribution >= 4 is 33.1 Å². The minimum Gasteiger partial charge on any atom is -0.497 e. The van der Waals surface area contributed by atoms with Gasteiger partial charge in [0.25, 0.3) is 5.91 Å². The Morgan fingerprint density at radius 3 is 2.39 bits per heavy atom. The number of amides is 1. The molecule has 1 aliphatic heterocycles. The van der Waals surface area contributed by atoms with Gasteiger partial charge in [-0.15, -0.1) is 0 Å². The van der Waals surface area contributed by atoms with Crippen molar-refractivity contribution in [1.82, 2.24) is 4.90 Å². The van der Waals surface area contributed by atoms with E-state index in [9.17, 15) is 4.79 Å². The van der Waals surface area contributed by atoms with Gasteiger partial charge < -0.3 is 24.0 Å². The van der Waals surface area contributed by atoms with E-state index in [2.05, 4.69) is 11.0 Å². The van der Waals surface area contributed by atoms with Gasteiger partial charge in [-0.05, 0) is 55.2 Å². The molecule has 3 aromatic rings. The molecule has 0 saturated heterocycles. The van der Waals surface area contributed by atoms with Crippen LogP contribution in [0.1, 0.15) is 10.4 Å². The van der Waals surface area contributed by atoms with Crippen LogP contribution in [0.2, 0.25) is 0 Å². The molecule has 3 aromatic carbocycles. The maximum Gasteiger partial charge on any atom is 0.259 e. The summed E-state index contributed by atoms with van der Waals surface area (Å²) in [7, 11) is 8.87. The lowest BCUT2D eigenvalue weighted by Gasteiger charge is -2.21. The van der Waals surface area contributed by atoms with Crippen molar-refractivity contribution in [1.29, 1.82) is 0 Å². The summed E-state index contributed by atoms with van der Waals surface area (Å²) in [5.41, 5.74) is 1.55. The number of carbonyl (C=O) groups excluding carboxylic acids is 1. The van der Waals surface area contributed by atoms with Crippen LogP contribution in [0.4, 0.5) is 5.69 Å². The topological polar surface area (TPSA) is 51.2 Å². The van der Waals surface area contributed by atoms with E-state index in [1.54, 1.807) is 27.4 Å². The summed E-state index contributed by atoms with van der Waals surface area (Å²) in [6, 6.07) is 9.76.